The summed E-state index contributed by atoms with van der Waals surface area (Å²) >= 11 is 0. The topological polar surface area (TPSA) is 0 Å². The minimum absolute atomic E-state index is 0.650. The first-order valence-corrected chi connectivity index (χ1v) is 8.62. The van der Waals surface area contributed by atoms with E-state index in [0.29, 0.717) is 5.92 Å². The Bertz CT molecular complexity index is 491. The lowest BCUT2D eigenvalue weighted by Crippen LogP contribution is -1.90. The van der Waals surface area contributed by atoms with Gasteiger partial charge in [-0.2, -0.15) is 0 Å². The van der Waals surface area contributed by atoms with Crippen molar-refractivity contribution in [3.63, 3.8) is 0 Å². The minimum atomic E-state index is 0.650. The van der Waals surface area contributed by atoms with Crippen LogP contribution in [0.1, 0.15) is 70.6 Å². The van der Waals surface area contributed by atoms with Crippen molar-refractivity contribution < 1.29 is 0 Å². The molecule has 2 rings (SSSR count). The van der Waals surface area contributed by atoms with Crippen molar-refractivity contribution in [3.05, 3.63) is 71.3 Å². The summed E-state index contributed by atoms with van der Waals surface area (Å²) in [6, 6.07) is 19.3. The van der Waals surface area contributed by atoms with Gasteiger partial charge in [0.1, 0.15) is 0 Å². The van der Waals surface area contributed by atoms with Gasteiger partial charge in [-0.15, -0.1) is 0 Å². The number of rotatable bonds is 4. The average molecular weight is 296 g/mol. The molecule has 1 atom stereocenters. The SMILES string of the molecule is CC.CC.CCC(C)c1ccc(/C=C/c2ccccc2)cc1. The molecule has 0 radical (unpaired) electrons. The number of hydrogen-bond acceptors (Lipinski definition) is 0. The molecule has 2 aromatic rings. The fourth-order valence-electron chi connectivity index (χ4n) is 1.93. The minimum Gasteiger partial charge on any atom is -0.0683 e. The van der Waals surface area contributed by atoms with Gasteiger partial charge < -0.3 is 0 Å². The normalized spacial score (nSPS) is 11.0. The molecule has 0 amide bonds. The van der Waals surface area contributed by atoms with Crippen LogP contribution in [0.4, 0.5) is 0 Å². The highest BCUT2D eigenvalue weighted by Crippen LogP contribution is 2.19. The van der Waals surface area contributed by atoms with Crippen molar-refractivity contribution in [2.45, 2.75) is 53.9 Å². The van der Waals surface area contributed by atoms with Crippen molar-refractivity contribution in [2.75, 3.05) is 0 Å². The van der Waals surface area contributed by atoms with Crippen molar-refractivity contribution in [2.24, 2.45) is 0 Å². The molecule has 0 saturated heterocycles. The van der Waals surface area contributed by atoms with Crippen molar-refractivity contribution in [1.82, 2.24) is 0 Å². The van der Waals surface area contributed by atoms with E-state index in [1.165, 1.54) is 23.1 Å². The van der Waals surface area contributed by atoms with Crippen LogP contribution in [0.15, 0.2) is 54.6 Å². The fraction of sp³-hybridized carbons (Fsp3) is 0.364. The lowest BCUT2D eigenvalue weighted by atomic mass is 9.97. The second-order valence-corrected chi connectivity index (χ2v) is 4.72. The van der Waals surface area contributed by atoms with Gasteiger partial charge in [-0.25, -0.2) is 0 Å². The van der Waals surface area contributed by atoms with Crippen LogP contribution in [0, 0.1) is 0 Å². The third-order valence-corrected chi connectivity index (χ3v) is 3.39. The summed E-state index contributed by atoms with van der Waals surface area (Å²) < 4.78 is 0. The van der Waals surface area contributed by atoms with Crippen LogP contribution < -0.4 is 0 Å². The van der Waals surface area contributed by atoms with E-state index >= 15 is 0 Å². The second kappa shape index (κ2) is 12.9. The van der Waals surface area contributed by atoms with Crippen LogP contribution in [0.5, 0.6) is 0 Å². The number of hydrogen-bond donors (Lipinski definition) is 0. The molecule has 0 heterocycles. The highest BCUT2D eigenvalue weighted by molar-refractivity contribution is 5.69. The molecule has 0 saturated carbocycles. The molecule has 22 heavy (non-hydrogen) atoms. The van der Waals surface area contributed by atoms with E-state index in [0.717, 1.165) is 0 Å². The Balaban J connectivity index is 0.00000102. The Morgan fingerprint density at radius 3 is 1.64 bits per heavy atom. The highest BCUT2D eigenvalue weighted by Gasteiger charge is 2.01. The van der Waals surface area contributed by atoms with Crippen LogP contribution in [0.25, 0.3) is 12.2 Å². The van der Waals surface area contributed by atoms with Gasteiger partial charge in [-0.05, 0) is 29.0 Å². The maximum absolute atomic E-state index is 2.27. The maximum Gasteiger partial charge on any atom is -0.0193 e. The van der Waals surface area contributed by atoms with Crippen molar-refractivity contribution in [3.8, 4) is 0 Å². The first kappa shape index (κ1) is 20.2. The summed E-state index contributed by atoms with van der Waals surface area (Å²) in [6.07, 6.45) is 5.51. The smallest absolute Gasteiger partial charge is 0.0193 e. The summed E-state index contributed by atoms with van der Waals surface area (Å²) in [6.45, 7) is 12.5. The molecule has 0 nitrogen and oxygen atoms in total. The third kappa shape index (κ3) is 7.26. The Hall–Kier alpha value is -1.82. The van der Waals surface area contributed by atoms with E-state index in [4.69, 9.17) is 0 Å². The molecule has 0 fully saturated rings. The van der Waals surface area contributed by atoms with Gasteiger partial charge in [0.25, 0.3) is 0 Å². The van der Waals surface area contributed by atoms with Gasteiger partial charge in [0.2, 0.25) is 0 Å². The molecule has 0 spiro atoms. The van der Waals surface area contributed by atoms with E-state index in [2.05, 4.69) is 74.5 Å². The second-order valence-electron chi connectivity index (χ2n) is 4.72. The summed E-state index contributed by atoms with van der Waals surface area (Å²) in [7, 11) is 0. The Morgan fingerprint density at radius 1 is 0.727 bits per heavy atom. The first-order valence-electron chi connectivity index (χ1n) is 8.62. The lowest BCUT2D eigenvalue weighted by molar-refractivity contribution is 0.733. The molecule has 0 aliphatic carbocycles. The summed E-state index contributed by atoms with van der Waals surface area (Å²) in [5.74, 6) is 0.650. The summed E-state index contributed by atoms with van der Waals surface area (Å²) in [5.41, 5.74) is 3.92. The number of benzene rings is 2. The summed E-state index contributed by atoms with van der Waals surface area (Å²) in [5, 5.41) is 0. The van der Waals surface area contributed by atoms with Gasteiger partial charge in [-0.1, -0.05) is 108 Å². The fourth-order valence-corrected chi connectivity index (χ4v) is 1.93. The van der Waals surface area contributed by atoms with Gasteiger partial charge in [0.05, 0.1) is 0 Å². The molecule has 0 aliphatic rings. The van der Waals surface area contributed by atoms with Gasteiger partial charge in [0, 0.05) is 0 Å². The predicted octanol–water partition coefficient (Wildman–Crippen LogP) is 7.42. The third-order valence-electron chi connectivity index (χ3n) is 3.39. The molecule has 0 N–H and O–H groups in total. The van der Waals surface area contributed by atoms with Crippen molar-refractivity contribution in [1.29, 1.82) is 0 Å². The Kier molecular flexibility index (Phi) is 11.8. The standard InChI is InChI=1S/C18H20.2C2H6/c1-3-15(2)18-13-11-17(12-14-18)10-9-16-7-5-4-6-8-16;2*1-2/h4-15H,3H2,1-2H3;2*1-2H3/b10-9+;;. The Morgan fingerprint density at radius 2 is 1.18 bits per heavy atom. The van der Waals surface area contributed by atoms with Crippen LogP contribution in [-0.4, -0.2) is 0 Å². The van der Waals surface area contributed by atoms with Crippen LogP contribution in [-0.2, 0) is 0 Å². The zero-order valence-corrected chi connectivity index (χ0v) is 15.1. The molecule has 0 aromatic heterocycles. The van der Waals surface area contributed by atoms with E-state index < -0.39 is 0 Å². The molecular weight excluding hydrogens is 264 g/mol. The average Bonchev–Trinajstić information content (AvgIpc) is 2.64. The highest BCUT2D eigenvalue weighted by atomic mass is 14.1. The molecule has 120 valence electrons. The molecule has 1 unspecified atom stereocenters. The first-order chi connectivity index (χ1) is 10.8. The lowest BCUT2D eigenvalue weighted by Gasteiger charge is -2.08. The maximum atomic E-state index is 2.27. The van der Waals surface area contributed by atoms with E-state index in [-0.39, 0.29) is 0 Å². The largest absolute Gasteiger partial charge is 0.0683 e. The molecule has 2 aromatic carbocycles. The van der Waals surface area contributed by atoms with Crippen LogP contribution in [0.2, 0.25) is 0 Å². The Labute approximate surface area is 137 Å². The van der Waals surface area contributed by atoms with Gasteiger partial charge in [0.15, 0.2) is 0 Å². The summed E-state index contributed by atoms with van der Waals surface area (Å²) in [4.78, 5) is 0. The molecule has 0 heteroatoms. The van der Waals surface area contributed by atoms with Gasteiger partial charge in [-0.3, -0.25) is 0 Å². The zero-order valence-electron chi connectivity index (χ0n) is 15.1. The predicted molar refractivity (Wildman–Crippen MR) is 103 cm³/mol. The monoisotopic (exact) mass is 296 g/mol. The quantitative estimate of drug-likeness (QED) is 0.515. The molecule has 0 bridgehead atoms. The van der Waals surface area contributed by atoms with Crippen molar-refractivity contribution >= 4 is 12.2 Å². The van der Waals surface area contributed by atoms with E-state index in [9.17, 15) is 0 Å². The molecular formula is C22H32. The van der Waals surface area contributed by atoms with E-state index in [1.54, 1.807) is 0 Å². The zero-order chi connectivity index (χ0) is 16.8. The van der Waals surface area contributed by atoms with Crippen LogP contribution >= 0.6 is 0 Å². The molecule has 0 aliphatic heterocycles. The van der Waals surface area contributed by atoms with E-state index in [1.807, 2.05) is 33.8 Å². The van der Waals surface area contributed by atoms with Crippen LogP contribution in [0.3, 0.4) is 0 Å². The van der Waals surface area contributed by atoms with Gasteiger partial charge >= 0.3 is 0 Å².